The molecule has 0 rings (SSSR count). The van der Waals surface area contributed by atoms with Crippen LogP contribution in [0.3, 0.4) is 0 Å². The smallest absolute Gasteiger partial charge is 0.305 e. The summed E-state index contributed by atoms with van der Waals surface area (Å²) in [5, 5.41) is 23.4. The second-order valence-electron chi connectivity index (χ2n) is 27.7. The molecule has 0 fully saturated rings. The highest BCUT2D eigenvalue weighted by molar-refractivity contribution is 5.76. The van der Waals surface area contributed by atoms with E-state index in [0.717, 1.165) is 57.8 Å². The molecule has 6 nitrogen and oxygen atoms in total. The lowest BCUT2D eigenvalue weighted by Crippen LogP contribution is -2.45. The number of rotatable bonds is 76. The van der Waals surface area contributed by atoms with E-state index in [1.165, 1.54) is 353 Å². The fourth-order valence-electron chi connectivity index (χ4n) is 12.7. The van der Waals surface area contributed by atoms with Crippen molar-refractivity contribution in [1.82, 2.24) is 5.32 Å². The topological polar surface area (TPSA) is 95.9 Å². The Kier molecular flexibility index (Phi) is 76.3. The summed E-state index contributed by atoms with van der Waals surface area (Å²) in [4.78, 5) is 24.7. The fourth-order valence-corrected chi connectivity index (χ4v) is 12.7. The average Bonchev–Trinajstić information content (AvgIpc) is 3.63. The molecule has 2 atom stereocenters. The first-order valence-corrected chi connectivity index (χ1v) is 40.4. The summed E-state index contributed by atoms with van der Waals surface area (Å²) in [7, 11) is 0. The van der Waals surface area contributed by atoms with Crippen LogP contribution in [-0.4, -0.2) is 47.4 Å². The summed E-state index contributed by atoms with van der Waals surface area (Å²) in [5.41, 5.74) is 0. The van der Waals surface area contributed by atoms with Gasteiger partial charge in [-0.3, -0.25) is 9.59 Å². The first-order valence-electron chi connectivity index (χ1n) is 40.4. The molecular formula is C83H157NO5. The van der Waals surface area contributed by atoms with Crippen molar-refractivity contribution >= 4 is 11.9 Å². The third-order valence-corrected chi connectivity index (χ3v) is 18.9. The van der Waals surface area contributed by atoms with Gasteiger partial charge in [0.1, 0.15) is 0 Å². The van der Waals surface area contributed by atoms with E-state index in [2.05, 4.69) is 67.8 Å². The molecule has 89 heavy (non-hydrogen) atoms. The van der Waals surface area contributed by atoms with Crippen molar-refractivity contribution in [2.45, 2.75) is 456 Å². The minimum absolute atomic E-state index is 0.0135. The maximum Gasteiger partial charge on any atom is 0.305 e. The Labute approximate surface area is 556 Å². The van der Waals surface area contributed by atoms with Crippen molar-refractivity contribution in [3.8, 4) is 0 Å². The minimum atomic E-state index is -0.664. The molecule has 6 heteroatoms. The predicted molar refractivity (Wildman–Crippen MR) is 393 cm³/mol. The molecular weight excluding hydrogens is 1090 g/mol. The van der Waals surface area contributed by atoms with Crippen LogP contribution in [0.4, 0.5) is 0 Å². The van der Waals surface area contributed by atoms with Crippen LogP contribution in [0.1, 0.15) is 444 Å². The highest BCUT2D eigenvalue weighted by atomic mass is 16.5. The lowest BCUT2D eigenvalue weighted by Gasteiger charge is -2.22. The van der Waals surface area contributed by atoms with Gasteiger partial charge in [0, 0.05) is 12.8 Å². The van der Waals surface area contributed by atoms with Crippen LogP contribution in [0, 0.1) is 0 Å². The Morgan fingerprint density at radius 2 is 0.562 bits per heavy atom. The lowest BCUT2D eigenvalue weighted by atomic mass is 10.0. The Morgan fingerprint density at radius 3 is 0.876 bits per heavy atom. The summed E-state index contributed by atoms with van der Waals surface area (Å²) in [5.74, 6) is -0.0151. The molecule has 0 saturated carbocycles. The van der Waals surface area contributed by atoms with E-state index in [9.17, 15) is 19.8 Å². The molecule has 0 aromatic heterocycles. The lowest BCUT2D eigenvalue weighted by molar-refractivity contribution is -0.143. The standard InChI is InChI=1S/C83H157NO5/c1-3-5-7-9-11-13-15-17-19-21-40-45-49-53-57-61-65-69-73-77-83(88)89-78-74-70-66-62-58-54-50-46-42-39-37-35-33-31-29-27-25-23-24-26-28-30-32-34-36-38-41-44-48-52-56-60-64-68-72-76-82(87)84-80(79-85)81(86)75-71-67-63-59-55-51-47-43-22-20-18-16-14-12-10-8-6-4-2/h11,13,17,19,25,27,31,33,80-81,85-86H,3-10,12,14-16,18,20-24,26,28-30,32,34-79H2,1-2H3,(H,84,87)/b13-11-,19-17-,27-25-,33-31-. The van der Waals surface area contributed by atoms with Crippen LogP contribution >= 0.6 is 0 Å². The number of hydrogen-bond donors (Lipinski definition) is 3. The number of aliphatic hydroxyl groups excluding tert-OH is 2. The van der Waals surface area contributed by atoms with Gasteiger partial charge in [-0.2, -0.15) is 0 Å². The molecule has 0 spiro atoms. The van der Waals surface area contributed by atoms with Crippen molar-refractivity contribution in [1.29, 1.82) is 0 Å². The second kappa shape index (κ2) is 78.3. The Bertz CT molecular complexity index is 1490. The number of hydrogen-bond acceptors (Lipinski definition) is 5. The monoisotopic (exact) mass is 1250 g/mol. The predicted octanol–water partition coefficient (Wildman–Crippen LogP) is 26.8. The number of carbonyl (C=O) groups is 2. The normalized spacial score (nSPS) is 12.7. The second-order valence-corrected chi connectivity index (χ2v) is 27.7. The third-order valence-electron chi connectivity index (χ3n) is 18.9. The zero-order valence-electron chi connectivity index (χ0n) is 60.2. The molecule has 0 aliphatic rings. The van der Waals surface area contributed by atoms with Crippen LogP contribution in [-0.2, 0) is 14.3 Å². The van der Waals surface area contributed by atoms with Gasteiger partial charge in [-0.15, -0.1) is 0 Å². The summed E-state index contributed by atoms with van der Waals surface area (Å²) in [6, 6.07) is -0.541. The van der Waals surface area contributed by atoms with E-state index in [1.54, 1.807) is 0 Å². The molecule has 0 saturated heterocycles. The van der Waals surface area contributed by atoms with Crippen molar-refractivity contribution in [3.05, 3.63) is 48.6 Å². The van der Waals surface area contributed by atoms with Crippen LogP contribution in [0.5, 0.6) is 0 Å². The van der Waals surface area contributed by atoms with E-state index in [1.807, 2.05) is 0 Å². The van der Waals surface area contributed by atoms with E-state index >= 15 is 0 Å². The number of unbranched alkanes of at least 4 members (excludes halogenated alkanes) is 57. The van der Waals surface area contributed by atoms with Crippen molar-refractivity contribution < 1.29 is 24.5 Å². The summed E-state index contributed by atoms with van der Waals surface area (Å²) in [6.07, 6.45) is 103. The number of amides is 1. The van der Waals surface area contributed by atoms with Gasteiger partial charge in [-0.25, -0.2) is 0 Å². The highest BCUT2D eigenvalue weighted by Crippen LogP contribution is 2.20. The third kappa shape index (κ3) is 74.7. The van der Waals surface area contributed by atoms with Gasteiger partial charge in [0.05, 0.1) is 25.4 Å². The van der Waals surface area contributed by atoms with E-state index < -0.39 is 12.1 Å². The molecule has 1 amide bonds. The zero-order chi connectivity index (χ0) is 64.2. The average molecular weight is 1250 g/mol. The highest BCUT2D eigenvalue weighted by Gasteiger charge is 2.20. The van der Waals surface area contributed by atoms with Gasteiger partial charge < -0.3 is 20.3 Å². The largest absolute Gasteiger partial charge is 0.466 e. The maximum absolute atomic E-state index is 12.5. The van der Waals surface area contributed by atoms with Crippen LogP contribution in [0.15, 0.2) is 48.6 Å². The van der Waals surface area contributed by atoms with Gasteiger partial charge in [0.2, 0.25) is 5.91 Å². The number of ether oxygens (including phenoxy) is 1. The van der Waals surface area contributed by atoms with E-state index in [4.69, 9.17) is 4.74 Å². The Morgan fingerprint density at radius 1 is 0.315 bits per heavy atom. The van der Waals surface area contributed by atoms with Crippen molar-refractivity contribution in [3.63, 3.8) is 0 Å². The minimum Gasteiger partial charge on any atom is -0.466 e. The molecule has 0 bridgehead atoms. The van der Waals surface area contributed by atoms with Crippen molar-refractivity contribution in [2.24, 2.45) is 0 Å². The number of aliphatic hydroxyl groups is 2. The van der Waals surface area contributed by atoms with Gasteiger partial charge >= 0.3 is 5.97 Å². The molecule has 0 aliphatic heterocycles. The molecule has 0 heterocycles. The number of nitrogens with one attached hydrogen (secondary N) is 1. The van der Waals surface area contributed by atoms with Crippen LogP contribution < -0.4 is 5.32 Å². The number of esters is 1. The quantitative estimate of drug-likeness (QED) is 0.0320. The maximum atomic E-state index is 12.5. The fraction of sp³-hybridized carbons (Fsp3) is 0.880. The number of allylic oxidation sites excluding steroid dienone is 8. The Hall–Kier alpha value is -2.18. The van der Waals surface area contributed by atoms with Gasteiger partial charge in [-0.1, -0.05) is 390 Å². The first-order chi connectivity index (χ1) is 44.0. The molecule has 0 aliphatic carbocycles. The van der Waals surface area contributed by atoms with Crippen molar-refractivity contribution in [2.75, 3.05) is 13.2 Å². The van der Waals surface area contributed by atoms with Crippen LogP contribution in [0.2, 0.25) is 0 Å². The van der Waals surface area contributed by atoms with Gasteiger partial charge in [-0.05, 0) is 89.9 Å². The van der Waals surface area contributed by atoms with E-state index in [0.29, 0.717) is 25.9 Å². The van der Waals surface area contributed by atoms with Gasteiger partial charge in [0.15, 0.2) is 0 Å². The molecule has 0 aromatic carbocycles. The molecule has 0 radical (unpaired) electrons. The molecule has 2 unspecified atom stereocenters. The molecule has 3 N–H and O–H groups in total. The first kappa shape index (κ1) is 86.8. The van der Waals surface area contributed by atoms with Crippen LogP contribution in [0.25, 0.3) is 0 Å². The summed E-state index contributed by atoms with van der Waals surface area (Å²) >= 11 is 0. The molecule has 524 valence electrons. The SMILES string of the molecule is CCCCC/C=C\C/C=C\CCCCCCCCCCCC(=O)OCCCCCCCCCCCCC/C=C\C/C=C\CCCCCCCCCCCCCCCCCCCC(=O)NC(CO)C(O)CCCCCCCCCCCCCCCCCCCC. The zero-order valence-corrected chi connectivity index (χ0v) is 60.2. The summed E-state index contributed by atoms with van der Waals surface area (Å²) < 4.78 is 5.51. The Balaban J connectivity index is 3.36. The van der Waals surface area contributed by atoms with Gasteiger partial charge in [0.25, 0.3) is 0 Å². The van der Waals surface area contributed by atoms with E-state index in [-0.39, 0.29) is 18.5 Å². The number of carbonyl (C=O) groups excluding carboxylic acids is 2. The summed E-state index contributed by atoms with van der Waals surface area (Å²) in [6.45, 7) is 4.97. The molecule has 0 aromatic rings.